The van der Waals surface area contributed by atoms with Crippen LogP contribution in [0.5, 0.6) is 0 Å². The third kappa shape index (κ3) is 1.63. The molecule has 0 saturated heterocycles. The van der Waals surface area contributed by atoms with Gasteiger partial charge in [-0.25, -0.2) is 9.37 Å². The van der Waals surface area contributed by atoms with Crippen LogP contribution < -0.4 is 5.73 Å². The predicted octanol–water partition coefficient (Wildman–Crippen LogP) is 3.25. The number of hydrogen-bond acceptors (Lipinski definition) is 3. The van der Waals surface area contributed by atoms with E-state index in [2.05, 4.69) is 4.98 Å². The predicted molar refractivity (Wildman–Crippen MR) is 67.8 cm³/mol. The number of nitrogen functional groups attached to an aromatic ring is 1. The minimum atomic E-state index is -0.116. The van der Waals surface area contributed by atoms with Gasteiger partial charge in [0.15, 0.2) is 5.13 Å². The molecule has 1 atom stereocenters. The van der Waals surface area contributed by atoms with Gasteiger partial charge >= 0.3 is 0 Å². The highest BCUT2D eigenvalue weighted by molar-refractivity contribution is 7.15. The summed E-state index contributed by atoms with van der Waals surface area (Å²) in [5.41, 5.74) is 8.60. The molecule has 2 N–H and O–H groups in total. The Morgan fingerprint density at radius 2 is 2.29 bits per heavy atom. The lowest BCUT2D eigenvalue weighted by molar-refractivity contribution is 0.593. The molecule has 1 aromatic heterocycles. The van der Waals surface area contributed by atoms with Gasteiger partial charge in [-0.3, -0.25) is 0 Å². The van der Waals surface area contributed by atoms with Crippen molar-refractivity contribution < 1.29 is 4.39 Å². The van der Waals surface area contributed by atoms with Crippen molar-refractivity contribution in [1.82, 2.24) is 4.98 Å². The van der Waals surface area contributed by atoms with Crippen molar-refractivity contribution in [2.24, 2.45) is 0 Å². The van der Waals surface area contributed by atoms with Gasteiger partial charge < -0.3 is 5.73 Å². The highest BCUT2D eigenvalue weighted by Gasteiger charge is 2.30. The van der Waals surface area contributed by atoms with Crippen LogP contribution in [0.1, 0.15) is 34.0 Å². The largest absolute Gasteiger partial charge is 0.375 e. The lowest BCUT2D eigenvalue weighted by Gasteiger charge is -2.14. The molecule has 17 heavy (non-hydrogen) atoms. The molecule has 0 spiro atoms. The van der Waals surface area contributed by atoms with Gasteiger partial charge in [0.1, 0.15) is 5.82 Å². The zero-order valence-electron chi connectivity index (χ0n) is 9.53. The van der Waals surface area contributed by atoms with Gasteiger partial charge in [0.05, 0.1) is 5.69 Å². The Balaban J connectivity index is 2.12. The average Bonchev–Trinajstić information content (AvgIpc) is 2.78. The number of thiazole rings is 1. The molecule has 1 heterocycles. The standard InChI is InChI=1S/C13H13FN2S/c1-7-3-2-4-9(14)11(7)8-5-6-10-12(8)17-13(15)16-10/h2-4,8H,5-6H2,1H3,(H2,15,16). The number of hydrogen-bond donors (Lipinski definition) is 1. The molecule has 1 unspecified atom stereocenters. The summed E-state index contributed by atoms with van der Waals surface area (Å²) in [6.45, 7) is 1.96. The normalized spacial score (nSPS) is 18.4. The number of rotatable bonds is 1. The number of aromatic nitrogens is 1. The SMILES string of the molecule is Cc1cccc(F)c1C1CCc2nc(N)sc21. The van der Waals surface area contributed by atoms with Crippen molar-refractivity contribution in [2.45, 2.75) is 25.7 Å². The van der Waals surface area contributed by atoms with Crippen LogP contribution in [0.3, 0.4) is 0 Å². The number of halogens is 1. The Hall–Kier alpha value is -1.42. The molecule has 1 aromatic carbocycles. The fraction of sp³-hybridized carbons (Fsp3) is 0.308. The quantitative estimate of drug-likeness (QED) is 0.841. The topological polar surface area (TPSA) is 38.9 Å². The van der Waals surface area contributed by atoms with Gasteiger partial charge in [0, 0.05) is 10.8 Å². The summed E-state index contributed by atoms with van der Waals surface area (Å²) in [6, 6.07) is 5.25. The van der Waals surface area contributed by atoms with Gasteiger partial charge in [-0.2, -0.15) is 0 Å². The lowest BCUT2D eigenvalue weighted by Crippen LogP contribution is -2.01. The van der Waals surface area contributed by atoms with Crippen molar-refractivity contribution in [3.05, 3.63) is 45.7 Å². The van der Waals surface area contributed by atoms with Crippen LogP contribution in [0.2, 0.25) is 0 Å². The third-order valence-electron chi connectivity index (χ3n) is 3.35. The van der Waals surface area contributed by atoms with Crippen LogP contribution in [0.15, 0.2) is 18.2 Å². The van der Waals surface area contributed by atoms with Gasteiger partial charge in [-0.05, 0) is 37.0 Å². The second kappa shape index (κ2) is 3.81. The summed E-state index contributed by atoms with van der Waals surface area (Å²) in [4.78, 5) is 5.45. The van der Waals surface area contributed by atoms with Crippen LogP contribution in [0, 0.1) is 12.7 Å². The van der Waals surface area contributed by atoms with Crippen LogP contribution in [0.25, 0.3) is 0 Å². The van der Waals surface area contributed by atoms with Gasteiger partial charge in [0.2, 0.25) is 0 Å². The number of fused-ring (bicyclic) bond motifs is 1. The zero-order chi connectivity index (χ0) is 12.0. The Kier molecular flexibility index (Phi) is 2.40. The molecular weight excluding hydrogens is 235 g/mol. The molecule has 0 radical (unpaired) electrons. The van der Waals surface area contributed by atoms with Crippen molar-refractivity contribution in [1.29, 1.82) is 0 Å². The lowest BCUT2D eigenvalue weighted by atomic mass is 9.93. The van der Waals surface area contributed by atoms with Crippen LogP contribution >= 0.6 is 11.3 Å². The molecule has 2 nitrogen and oxygen atoms in total. The molecule has 0 amide bonds. The maximum absolute atomic E-state index is 14.0. The number of nitrogens with two attached hydrogens (primary N) is 1. The number of benzene rings is 1. The van der Waals surface area contributed by atoms with E-state index in [0.717, 1.165) is 34.5 Å². The summed E-state index contributed by atoms with van der Waals surface area (Å²) in [7, 11) is 0. The first-order valence-corrected chi connectivity index (χ1v) is 6.48. The maximum Gasteiger partial charge on any atom is 0.180 e. The average molecular weight is 248 g/mol. The van der Waals surface area contributed by atoms with Crippen LogP contribution in [-0.4, -0.2) is 4.98 Å². The van der Waals surface area contributed by atoms with Crippen molar-refractivity contribution in [3.8, 4) is 0 Å². The summed E-state index contributed by atoms with van der Waals surface area (Å²) in [5, 5.41) is 0.591. The molecule has 4 heteroatoms. The van der Waals surface area contributed by atoms with E-state index in [1.807, 2.05) is 13.0 Å². The molecule has 0 fully saturated rings. The van der Waals surface area contributed by atoms with Crippen molar-refractivity contribution >= 4 is 16.5 Å². The third-order valence-corrected chi connectivity index (χ3v) is 4.39. The van der Waals surface area contributed by atoms with E-state index in [-0.39, 0.29) is 11.7 Å². The number of nitrogens with zero attached hydrogens (tertiary/aromatic N) is 1. The molecular formula is C13H13FN2S. The smallest absolute Gasteiger partial charge is 0.180 e. The van der Waals surface area contributed by atoms with E-state index in [1.165, 1.54) is 17.4 Å². The summed E-state index contributed by atoms with van der Waals surface area (Å²) in [5.74, 6) is 0.0239. The zero-order valence-corrected chi connectivity index (χ0v) is 10.4. The molecule has 2 aromatic rings. The van der Waals surface area contributed by atoms with Crippen molar-refractivity contribution in [2.75, 3.05) is 5.73 Å². The minimum absolute atomic E-state index is 0.116. The second-order valence-electron chi connectivity index (χ2n) is 4.42. The van der Waals surface area contributed by atoms with Crippen LogP contribution in [0.4, 0.5) is 9.52 Å². The molecule has 1 aliphatic rings. The molecule has 0 bridgehead atoms. The van der Waals surface area contributed by atoms with E-state index in [1.54, 1.807) is 6.07 Å². The monoisotopic (exact) mass is 248 g/mol. The molecule has 3 rings (SSSR count). The fourth-order valence-electron chi connectivity index (χ4n) is 2.61. The first-order valence-electron chi connectivity index (χ1n) is 5.67. The summed E-state index contributed by atoms with van der Waals surface area (Å²) >= 11 is 1.50. The Labute approximate surface area is 103 Å². The minimum Gasteiger partial charge on any atom is -0.375 e. The number of anilines is 1. The molecule has 0 aliphatic heterocycles. The van der Waals surface area contributed by atoms with Crippen molar-refractivity contribution in [3.63, 3.8) is 0 Å². The van der Waals surface area contributed by atoms with E-state index in [0.29, 0.717) is 5.13 Å². The first-order chi connectivity index (χ1) is 8.16. The molecule has 88 valence electrons. The number of aryl methyl sites for hydroxylation is 2. The van der Waals surface area contributed by atoms with E-state index in [9.17, 15) is 4.39 Å². The van der Waals surface area contributed by atoms with Gasteiger partial charge in [0.25, 0.3) is 0 Å². The highest BCUT2D eigenvalue weighted by atomic mass is 32.1. The molecule has 0 saturated carbocycles. The molecule has 1 aliphatic carbocycles. The summed E-state index contributed by atoms with van der Waals surface area (Å²) < 4.78 is 14.0. The Bertz CT molecular complexity index is 557. The van der Waals surface area contributed by atoms with E-state index >= 15 is 0 Å². The first kappa shape index (κ1) is 10.7. The maximum atomic E-state index is 14.0. The Morgan fingerprint density at radius 1 is 1.47 bits per heavy atom. The van der Waals surface area contributed by atoms with Gasteiger partial charge in [-0.15, -0.1) is 11.3 Å². The van der Waals surface area contributed by atoms with Gasteiger partial charge in [-0.1, -0.05) is 12.1 Å². The van der Waals surface area contributed by atoms with E-state index in [4.69, 9.17) is 5.73 Å². The highest BCUT2D eigenvalue weighted by Crippen LogP contribution is 2.43. The second-order valence-corrected chi connectivity index (χ2v) is 5.49. The van der Waals surface area contributed by atoms with Crippen LogP contribution in [-0.2, 0) is 6.42 Å². The van der Waals surface area contributed by atoms with E-state index < -0.39 is 0 Å². The Morgan fingerprint density at radius 3 is 3.06 bits per heavy atom. The fourth-order valence-corrected chi connectivity index (χ4v) is 3.63. The summed E-state index contributed by atoms with van der Waals surface area (Å²) in [6.07, 6.45) is 1.84.